The maximum atomic E-state index is 12.4. The van der Waals surface area contributed by atoms with Crippen LogP contribution < -0.4 is 5.32 Å². The van der Waals surface area contributed by atoms with Crippen LogP contribution in [0, 0.1) is 0 Å². The summed E-state index contributed by atoms with van der Waals surface area (Å²) in [4.78, 5) is 18.6. The lowest BCUT2D eigenvalue weighted by Crippen LogP contribution is -2.47. The van der Waals surface area contributed by atoms with E-state index in [0.717, 1.165) is 41.7 Å². The maximum Gasteiger partial charge on any atom is 0.223 e. The second-order valence-electron chi connectivity index (χ2n) is 6.07. The Morgan fingerprint density at radius 3 is 3.08 bits per heavy atom. The van der Waals surface area contributed by atoms with Gasteiger partial charge in [-0.1, -0.05) is 34.1 Å². The highest BCUT2D eigenvalue weighted by atomic mass is 79.9. The van der Waals surface area contributed by atoms with Crippen molar-refractivity contribution < 1.29 is 9.21 Å². The van der Waals surface area contributed by atoms with Crippen LogP contribution in [0.4, 0.5) is 0 Å². The number of benzene rings is 1. The molecule has 5 nitrogen and oxygen atoms in total. The van der Waals surface area contributed by atoms with Crippen molar-refractivity contribution in [3.63, 3.8) is 0 Å². The van der Waals surface area contributed by atoms with Gasteiger partial charge in [-0.3, -0.25) is 4.79 Å². The van der Waals surface area contributed by atoms with E-state index in [2.05, 4.69) is 26.2 Å². The number of amides is 1. The zero-order valence-corrected chi connectivity index (χ0v) is 15.4. The Bertz CT molecular complexity index is 701. The van der Waals surface area contributed by atoms with Crippen molar-refractivity contribution in [2.24, 2.45) is 0 Å². The van der Waals surface area contributed by atoms with Crippen molar-refractivity contribution in [3.8, 4) is 11.3 Å². The van der Waals surface area contributed by atoms with Gasteiger partial charge >= 0.3 is 0 Å². The Hall–Kier alpha value is -1.66. The van der Waals surface area contributed by atoms with Crippen molar-refractivity contribution in [1.82, 2.24) is 15.2 Å². The van der Waals surface area contributed by atoms with E-state index in [9.17, 15) is 4.79 Å². The molecule has 1 N–H and O–H groups in total. The van der Waals surface area contributed by atoms with Gasteiger partial charge in [0, 0.05) is 42.0 Å². The third-order valence-electron chi connectivity index (χ3n) is 4.43. The SMILES string of the molecule is CN[C@H]1CCCN(C(=O)CCc2ncc(-c3ccccc3Br)o2)C1. The molecule has 1 fully saturated rings. The molecule has 1 aromatic heterocycles. The molecule has 1 aromatic carbocycles. The number of carbonyl (C=O) groups excluding carboxylic acids is 1. The largest absolute Gasteiger partial charge is 0.441 e. The number of likely N-dealkylation sites (tertiary alicyclic amines) is 1. The summed E-state index contributed by atoms with van der Waals surface area (Å²) < 4.78 is 6.77. The molecule has 128 valence electrons. The van der Waals surface area contributed by atoms with Crippen LogP contribution in [0.2, 0.25) is 0 Å². The zero-order chi connectivity index (χ0) is 16.9. The predicted molar refractivity (Wildman–Crippen MR) is 96.6 cm³/mol. The Labute approximate surface area is 150 Å². The molecule has 0 spiro atoms. The van der Waals surface area contributed by atoms with Crippen LogP contribution in [0.15, 0.2) is 39.4 Å². The molecule has 3 rings (SSSR count). The van der Waals surface area contributed by atoms with E-state index >= 15 is 0 Å². The summed E-state index contributed by atoms with van der Waals surface area (Å²) in [6, 6.07) is 8.27. The number of nitrogens with one attached hydrogen (secondary N) is 1. The highest BCUT2D eigenvalue weighted by molar-refractivity contribution is 9.10. The van der Waals surface area contributed by atoms with Gasteiger partial charge in [-0.15, -0.1) is 0 Å². The van der Waals surface area contributed by atoms with Crippen molar-refractivity contribution in [2.45, 2.75) is 31.7 Å². The molecule has 0 unspecified atom stereocenters. The molecule has 1 saturated heterocycles. The summed E-state index contributed by atoms with van der Waals surface area (Å²) in [7, 11) is 1.95. The number of halogens is 1. The summed E-state index contributed by atoms with van der Waals surface area (Å²) in [5.74, 6) is 1.50. The van der Waals surface area contributed by atoms with Gasteiger partial charge in [-0.25, -0.2) is 4.98 Å². The first kappa shape index (κ1) is 17.2. The summed E-state index contributed by atoms with van der Waals surface area (Å²) >= 11 is 3.51. The van der Waals surface area contributed by atoms with Gasteiger partial charge < -0.3 is 14.6 Å². The Balaban J connectivity index is 1.57. The van der Waals surface area contributed by atoms with E-state index in [4.69, 9.17) is 4.42 Å². The van der Waals surface area contributed by atoms with Crippen LogP contribution in [0.5, 0.6) is 0 Å². The normalized spacial score (nSPS) is 17.9. The molecule has 6 heteroatoms. The Morgan fingerprint density at radius 2 is 2.29 bits per heavy atom. The van der Waals surface area contributed by atoms with Gasteiger partial charge in [0.1, 0.15) is 0 Å². The van der Waals surface area contributed by atoms with Gasteiger partial charge in [-0.2, -0.15) is 0 Å². The molecule has 1 aliphatic rings. The molecular weight excluding hydrogens is 370 g/mol. The zero-order valence-electron chi connectivity index (χ0n) is 13.8. The first-order chi connectivity index (χ1) is 11.7. The molecule has 0 radical (unpaired) electrons. The lowest BCUT2D eigenvalue weighted by molar-refractivity contribution is -0.132. The van der Waals surface area contributed by atoms with Crippen molar-refractivity contribution in [2.75, 3.05) is 20.1 Å². The number of hydrogen-bond acceptors (Lipinski definition) is 4. The van der Waals surface area contributed by atoms with Crippen molar-refractivity contribution in [1.29, 1.82) is 0 Å². The monoisotopic (exact) mass is 391 g/mol. The van der Waals surface area contributed by atoms with Crippen LogP contribution in [-0.2, 0) is 11.2 Å². The molecule has 1 atom stereocenters. The van der Waals surface area contributed by atoms with E-state index < -0.39 is 0 Å². The number of piperidine rings is 1. The molecular formula is C18H22BrN3O2. The van der Waals surface area contributed by atoms with E-state index in [1.165, 1.54) is 0 Å². The van der Waals surface area contributed by atoms with Gasteiger partial charge in [-0.05, 0) is 26.0 Å². The van der Waals surface area contributed by atoms with Gasteiger partial charge in [0.2, 0.25) is 5.91 Å². The quantitative estimate of drug-likeness (QED) is 0.849. The number of likely N-dealkylation sites (N-methyl/N-ethyl adjacent to an activating group) is 1. The molecule has 1 aliphatic heterocycles. The summed E-state index contributed by atoms with van der Waals surface area (Å²) in [6.45, 7) is 1.65. The van der Waals surface area contributed by atoms with Crippen LogP contribution in [0.3, 0.4) is 0 Å². The fraction of sp³-hybridized carbons (Fsp3) is 0.444. The van der Waals surface area contributed by atoms with Gasteiger partial charge in [0.25, 0.3) is 0 Å². The topological polar surface area (TPSA) is 58.4 Å². The molecule has 2 heterocycles. The number of hydrogen-bond donors (Lipinski definition) is 1. The van der Waals surface area contributed by atoms with Gasteiger partial charge in [0.05, 0.1) is 6.20 Å². The molecule has 0 saturated carbocycles. The number of aromatic nitrogens is 1. The molecule has 0 bridgehead atoms. The maximum absolute atomic E-state index is 12.4. The number of carbonyl (C=O) groups is 1. The Kier molecular flexibility index (Phi) is 5.68. The smallest absolute Gasteiger partial charge is 0.223 e. The molecule has 2 aromatic rings. The third kappa shape index (κ3) is 4.05. The summed E-state index contributed by atoms with van der Waals surface area (Å²) in [6.07, 6.45) is 4.88. The number of aryl methyl sites for hydroxylation is 1. The fourth-order valence-electron chi connectivity index (χ4n) is 3.02. The minimum atomic E-state index is 0.176. The van der Waals surface area contributed by atoms with E-state index in [-0.39, 0.29) is 5.91 Å². The first-order valence-corrected chi connectivity index (χ1v) is 9.11. The second-order valence-corrected chi connectivity index (χ2v) is 6.92. The fourth-order valence-corrected chi connectivity index (χ4v) is 3.50. The highest BCUT2D eigenvalue weighted by Crippen LogP contribution is 2.28. The minimum absolute atomic E-state index is 0.176. The van der Waals surface area contributed by atoms with Crippen LogP contribution in [0.25, 0.3) is 11.3 Å². The van der Waals surface area contributed by atoms with Crippen molar-refractivity contribution in [3.05, 3.63) is 40.8 Å². The van der Waals surface area contributed by atoms with Crippen LogP contribution >= 0.6 is 15.9 Å². The van der Waals surface area contributed by atoms with E-state index in [1.807, 2.05) is 36.2 Å². The predicted octanol–water partition coefficient (Wildman–Crippen LogP) is 3.25. The van der Waals surface area contributed by atoms with Crippen LogP contribution in [-0.4, -0.2) is 42.0 Å². The molecule has 1 amide bonds. The number of rotatable bonds is 5. The first-order valence-electron chi connectivity index (χ1n) is 8.32. The average molecular weight is 392 g/mol. The lowest BCUT2D eigenvalue weighted by Gasteiger charge is -2.32. The number of oxazole rings is 1. The summed E-state index contributed by atoms with van der Waals surface area (Å²) in [5.41, 5.74) is 0.968. The second kappa shape index (κ2) is 7.94. The van der Waals surface area contributed by atoms with Crippen LogP contribution in [0.1, 0.15) is 25.2 Å². The minimum Gasteiger partial charge on any atom is -0.441 e. The van der Waals surface area contributed by atoms with E-state index in [0.29, 0.717) is 24.8 Å². The standard InChI is InChI=1S/C18H22BrN3O2/c1-20-13-5-4-10-22(12-13)18(23)9-8-17-21-11-16(24-17)14-6-2-3-7-15(14)19/h2-3,6-7,11,13,20H,4-5,8-10,12H2,1H3/t13-/m0/s1. The Morgan fingerprint density at radius 1 is 1.46 bits per heavy atom. The highest BCUT2D eigenvalue weighted by Gasteiger charge is 2.22. The molecule has 0 aliphatic carbocycles. The average Bonchev–Trinajstić information content (AvgIpc) is 3.09. The summed E-state index contributed by atoms with van der Waals surface area (Å²) in [5, 5.41) is 3.26. The lowest BCUT2D eigenvalue weighted by atomic mass is 10.1. The van der Waals surface area contributed by atoms with E-state index in [1.54, 1.807) is 6.20 Å². The molecule has 24 heavy (non-hydrogen) atoms. The van der Waals surface area contributed by atoms with Gasteiger partial charge in [0.15, 0.2) is 11.7 Å². The van der Waals surface area contributed by atoms with Crippen molar-refractivity contribution >= 4 is 21.8 Å². The third-order valence-corrected chi connectivity index (χ3v) is 5.12. The number of nitrogens with zero attached hydrogens (tertiary/aromatic N) is 2.